The lowest BCUT2D eigenvalue weighted by atomic mass is 10.2. The second-order valence-corrected chi connectivity index (χ2v) is 7.98. The van der Waals surface area contributed by atoms with Gasteiger partial charge in [-0.1, -0.05) is 11.6 Å². The van der Waals surface area contributed by atoms with Crippen molar-refractivity contribution in [3.05, 3.63) is 23.6 Å². The summed E-state index contributed by atoms with van der Waals surface area (Å²) in [6.45, 7) is 9.37. The van der Waals surface area contributed by atoms with E-state index >= 15 is 0 Å². The van der Waals surface area contributed by atoms with Gasteiger partial charge in [-0.15, -0.1) is 0 Å². The summed E-state index contributed by atoms with van der Waals surface area (Å²) in [4.78, 5) is 22.5. The van der Waals surface area contributed by atoms with Crippen LogP contribution in [-0.4, -0.2) is 65.6 Å². The monoisotopic (exact) mass is 423 g/mol. The van der Waals surface area contributed by atoms with Gasteiger partial charge in [0.25, 0.3) is 0 Å². The fourth-order valence-corrected chi connectivity index (χ4v) is 3.23. The minimum atomic E-state index is -0.576. The number of carbonyl (C=O) groups excluding carboxylic acids is 1. The fourth-order valence-electron chi connectivity index (χ4n) is 3.00. The zero-order valence-electron chi connectivity index (χ0n) is 17.1. The topological polar surface area (TPSA) is 83.0 Å². The average molecular weight is 424 g/mol. The summed E-state index contributed by atoms with van der Waals surface area (Å²) in [5, 5.41) is 0.884. The molecule has 1 amide bonds. The summed E-state index contributed by atoms with van der Waals surface area (Å²) in [6, 6.07) is 3.24. The van der Waals surface area contributed by atoms with Crippen LogP contribution in [-0.2, 0) is 9.47 Å². The molecule has 1 saturated heterocycles. The molecule has 0 radical (unpaired) electrons. The molecule has 0 aliphatic carbocycles. The van der Waals surface area contributed by atoms with Gasteiger partial charge in [-0.3, -0.25) is 4.90 Å². The predicted octanol–water partition coefficient (Wildman–Crippen LogP) is 3.70. The quantitative estimate of drug-likeness (QED) is 0.678. The van der Waals surface area contributed by atoms with E-state index < -0.39 is 5.60 Å². The number of halogens is 1. The number of hydrogen-bond donors (Lipinski definition) is 0. The van der Waals surface area contributed by atoms with Gasteiger partial charge in [-0.05, 0) is 27.7 Å². The van der Waals surface area contributed by atoms with Crippen LogP contribution in [0.3, 0.4) is 0 Å². The molecule has 1 fully saturated rings. The minimum Gasteiger partial charge on any atom is -0.494 e. The highest BCUT2D eigenvalue weighted by molar-refractivity contribution is 6.34. The van der Waals surface area contributed by atoms with Crippen molar-refractivity contribution in [2.24, 2.45) is 0 Å². The van der Waals surface area contributed by atoms with Crippen molar-refractivity contribution in [1.82, 2.24) is 14.9 Å². The minimum absolute atomic E-state index is 0.204. The first-order valence-electron chi connectivity index (χ1n) is 9.55. The first kappa shape index (κ1) is 21.4. The molecule has 0 N–H and O–H groups in total. The predicted molar refractivity (Wildman–Crippen MR) is 109 cm³/mol. The third-order valence-electron chi connectivity index (χ3n) is 4.23. The van der Waals surface area contributed by atoms with Gasteiger partial charge in [-0.2, -0.15) is 0 Å². The van der Waals surface area contributed by atoms with Crippen LogP contribution in [0.2, 0.25) is 5.15 Å². The maximum atomic E-state index is 12.6. The van der Waals surface area contributed by atoms with Gasteiger partial charge in [0.15, 0.2) is 0 Å². The molecular formula is C20H26ClN3O5. The van der Waals surface area contributed by atoms with Gasteiger partial charge in [0.1, 0.15) is 35.2 Å². The first-order chi connectivity index (χ1) is 13.8. The molecule has 2 aromatic rings. The summed E-state index contributed by atoms with van der Waals surface area (Å²) < 4.78 is 22.7. The summed E-state index contributed by atoms with van der Waals surface area (Å²) in [6.07, 6.45) is 1.01. The summed E-state index contributed by atoms with van der Waals surface area (Å²) in [5.41, 5.74) is 0.0445. The number of amides is 1. The number of aromatic nitrogens is 2. The zero-order valence-corrected chi connectivity index (χ0v) is 17.9. The molecule has 0 bridgehead atoms. The van der Waals surface area contributed by atoms with Crippen molar-refractivity contribution < 1.29 is 23.7 Å². The lowest BCUT2D eigenvalue weighted by molar-refractivity contribution is -0.0417. The van der Waals surface area contributed by atoms with Crippen molar-refractivity contribution in [3.8, 4) is 11.5 Å². The van der Waals surface area contributed by atoms with E-state index in [-0.39, 0.29) is 23.9 Å². The van der Waals surface area contributed by atoms with Crippen molar-refractivity contribution in [2.75, 3.05) is 33.0 Å². The number of rotatable bonds is 5. The molecule has 1 aromatic carbocycles. The van der Waals surface area contributed by atoms with Crippen molar-refractivity contribution in [3.63, 3.8) is 0 Å². The van der Waals surface area contributed by atoms with E-state index in [9.17, 15) is 4.79 Å². The van der Waals surface area contributed by atoms with Gasteiger partial charge >= 0.3 is 6.09 Å². The number of ether oxygens (including phenoxy) is 4. The molecule has 158 valence electrons. The summed E-state index contributed by atoms with van der Waals surface area (Å²) >= 11 is 6.28. The number of nitrogens with zero attached hydrogens (tertiary/aromatic N) is 3. The van der Waals surface area contributed by atoms with E-state index in [1.807, 2.05) is 27.7 Å². The molecule has 29 heavy (non-hydrogen) atoms. The van der Waals surface area contributed by atoms with Gasteiger partial charge < -0.3 is 18.9 Å². The van der Waals surface area contributed by atoms with Crippen molar-refractivity contribution in [2.45, 2.75) is 39.3 Å². The Morgan fingerprint density at radius 1 is 1.31 bits per heavy atom. The van der Waals surface area contributed by atoms with E-state index in [0.29, 0.717) is 48.8 Å². The van der Waals surface area contributed by atoms with Gasteiger partial charge in [0, 0.05) is 18.7 Å². The Labute approximate surface area is 175 Å². The van der Waals surface area contributed by atoms with Crippen molar-refractivity contribution >= 4 is 28.6 Å². The zero-order chi connectivity index (χ0) is 21.0. The van der Waals surface area contributed by atoms with Crippen LogP contribution >= 0.6 is 11.6 Å². The van der Waals surface area contributed by atoms with Crippen LogP contribution in [0.15, 0.2) is 18.5 Å². The Morgan fingerprint density at radius 2 is 2.10 bits per heavy atom. The van der Waals surface area contributed by atoms with E-state index in [1.165, 1.54) is 6.33 Å². The molecule has 0 unspecified atom stereocenters. The number of benzene rings is 1. The fraction of sp³-hybridized carbons (Fsp3) is 0.550. The van der Waals surface area contributed by atoms with Gasteiger partial charge in [0.2, 0.25) is 0 Å². The van der Waals surface area contributed by atoms with Crippen LogP contribution < -0.4 is 9.47 Å². The Bertz CT molecular complexity index is 871. The molecule has 2 heterocycles. The summed E-state index contributed by atoms with van der Waals surface area (Å²) in [5.74, 6) is 1.11. The van der Waals surface area contributed by atoms with E-state index in [4.69, 9.17) is 30.5 Å². The lowest BCUT2D eigenvalue weighted by Crippen LogP contribution is -2.52. The molecule has 9 heteroatoms. The van der Waals surface area contributed by atoms with Crippen LogP contribution in [0.5, 0.6) is 11.5 Å². The number of morpholine rings is 1. The largest absolute Gasteiger partial charge is 0.494 e. The molecule has 1 aromatic heterocycles. The second-order valence-electron chi connectivity index (χ2n) is 7.63. The average Bonchev–Trinajstić information content (AvgIpc) is 2.65. The lowest BCUT2D eigenvalue weighted by Gasteiger charge is -2.36. The molecular weight excluding hydrogens is 398 g/mol. The highest BCUT2D eigenvalue weighted by atomic mass is 35.5. The third kappa shape index (κ3) is 5.39. The number of hydrogen-bond acceptors (Lipinski definition) is 7. The highest BCUT2D eigenvalue weighted by Gasteiger charge is 2.31. The van der Waals surface area contributed by atoms with E-state index in [0.717, 1.165) is 0 Å². The molecule has 1 aliphatic heterocycles. The van der Waals surface area contributed by atoms with E-state index in [1.54, 1.807) is 17.0 Å². The Morgan fingerprint density at radius 3 is 2.83 bits per heavy atom. The first-order valence-corrected chi connectivity index (χ1v) is 9.93. The van der Waals surface area contributed by atoms with Crippen molar-refractivity contribution in [1.29, 1.82) is 0 Å². The second kappa shape index (κ2) is 9.00. The number of fused-ring (bicyclic) bond motifs is 1. The maximum Gasteiger partial charge on any atom is 0.410 e. The Kier molecular flexibility index (Phi) is 6.64. The highest BCUT2D eigenvalue weighted by Crippen LogP contribution is 2.34. The normalized spacial score (nSPS) is 17.3. The van der Waals surface area contributed by atoms with Crippen LogP contribution in [0.4, 0.5) is 4.79 Å². The smallest absolute Gasteiger partial charge is 0.410 e. The molecule has 8 nitrogen and oxygen atoms in total. The van der Waals surface area contributed by atoms with Gasteiger partial charge in [-0.25, -0.2) is 14.8 Å². The summed E-state index contributed by atoms with van der Waals surface area (Å²) in [7, 11) is 0. The molecule has 0 spiro atoms. The van der Waals surface area contributed by atoms with Crippen LogP contribution in [0.25, 0.3) is 10.9 Å². The molecule has 0 saturated carbocycles. The Hall–Kier alpha value is -2.32. The van der Waals surface area contributed by atoms with Crippen LogP contribution in [0.1, 0.15) is 27.7 Å². The number of carbonyl (C=O) groups is 1. The molecule has 3 rings (SSSR count). The standard InChI is InChI=1S/C20H26ClN3O5/c1-5-27-14-8-15-17(18(21)23-12-22-15)16(9-14)28-11-13-10-26-7-6-24(13)19(25)29-20(2,3)4/h8-9,12-13H,5-7,10-11H2,1-4H3/t13-/m1/s1. The van der Waals surface area contributed by atoms with Gasteiger partial charge in [0.05, 0.1) is 36.8 Å². The third-order valence-corrected chi connectivity index (χ3v) is 4.51. The van der Waals surface area contributed by atoms with Crippen LogP contribution in [0, 0.1) is 0 Å². The molecule has 1 atom stereocenters. The maximum absolute atomic E-state index is 12.6. The SMILES string of the molecule is CCOc1cc(OC[C@H]2COCCN2C(=O)OC(C)(C)C)c2c(Cl)ncnc2c1. The molecule has 1 aliphatic rings. The Balaban J connectivity index is 1.82. The van der Waals surface area contributed by atoms with E-state index in [2.05, 4.69) is 9.97 Å².